The topological polar surface area (TPSA) is 50.7 Å². The lowest BCUT2D eigenvalue weighted by molar-refractivity contribution is 1.05. The highest BCUT2D eigenvalue weighted by molar-refractivity contribution is 9.10. The van der Waals surface area contributed by atoms with Crippen molar-refractivity contribution in [2.75, 3.05) is 0 Å². The molecule has 18 heavy (non-hydrogen) atoms. The monoisotopic (exact) mass is 323 g/mol. The van der Waals surface area contributed by atoms with E-state index in [1.165, 1.54) is 6.07 Å². The van der Waals surface area contributed by atoms with Gasteiger partial charge in [0.05, 0.1) is 5.69 Å². The summed E-state index contributed by atoms with van der Waals surface area (Å²) in [7, 11) is 0. The summed E-state index contributed by atoms with van der Waals surface area (Å²) in [6, 6.07) is 10.7. The molecule has 2 heterocycles. The van der Waals surface area contributed by atoms with Crippen LogP contribution in [0.4, 0.5) is 0 Å². The Morgan fingerprint density at radius 1 is 1.22 bits per heavy atom. The smallest absolute Gasteiger partial charge is 0.249 e. The Morgan fingerprint density at radius 3 is 2.78 bits per heavy atom. The first-order valence-electron chi connectivity index (χ1n) is 5.19. The highest BCUT2D eigenvalue weighted by atomic mass is 79.9. The fourth-order valence-corrected chi connectivity index (χ4v) is 2.54. The first kappa shape index (κ1) is 11.5. The fourth-order valence-electron chi connectivity index (χ4n) is 1.81. The number of para-hydroxylation sites is 1. The highest BCUT2D eigenvalue weighted by Crippen LogP contribution is 2.27. The van der Waals surface area contributed by atoms with Crippen LogP contribution in [0.5, 0.6) is 0 Å². The van der Waals surface area contributed by atoms with Crippen LogP contribution in [-0.4, -0.2) is 14.5 Å². The van der Waals surface area contributed by atoms with E-state index in [1.807, 2.05) is 24.3 Å². The van der Waals surface area contributed by atoms with Crippen LogP contribution >= 0.6 is 27.5 Å². The molecule has 0 fully saturated rings. The van der Waals surface area contributed by atoms with Crippen molar-refractivity contribution in [2.24, 2.45) is 0 Å². The minimum absolute atomic E-state index is 0.188. The summed E-state index contributed by atoms with van der Waals surface area (Å²) in [5.74, 6) is 0. The van der Waals surface area contributed by atoms with Gasteiger partial charge in [0.25, 0.3) is 0 Å². The lowest BCUT2D eigenvalue weighted by Gasteiger charge is -2.07. The van der Waals surface area contributed by atoms with E-state index < -0.39 is 0 Å². The van der Waals surface area contributed by atoms with Gasteiger partial charge in [-0.05, 0) is 45.7 Å². The van der Waals surface area contributed by atoms with Crippen molar-refractivity contribution in [2.45, 2.75) is 0 Å². The maximum Gasteiger partial charge on any atom is 0.249 e. The molecular formula is C12H7BrClN3O. The van der Waals surface area contributed by atoms with Gasteiger partial charge in [-0.3, -0.25) is 9.36 Å². The molecule has 0 amide bonds. The van der Waals surface area contributed by atoms with Gasteiger partial charge >= 0.3 is 0 Å². The van der Waals surface area contributed by atoms with Gasteiger partial charge in [-0.25, -0.2) is 4.98 Å². The van der Waals surface area contributed by atoms with Crippen LogP contribution in [0.1, 0.15) is 0 Å². The van der Waals surface area contributed by atoms with Crippen molar-refractivity contribution in [3.05, 3.63) is 56.5 Å². The molecule has 6 heteroatoms. The van der Waals surface area contributed by atoms with Crippen LogP contribution in [0.15, 0.2) is 45.7 Å². The summed E-state index contributed by atoms with van der Waals surface area (Å²) >= 11 is 9.59. The van der Waals surface area contributed by atoms with E-state index in [4.69, 9.17) is 11.6 Å². The summed E-state index contributed by atoms with van der Waals surface area (Å²) in [5, 5.41) is 0.304. The number of imidazole rings is 1. The summed E-state index contributed by atoms with van der Waals surface area (Å²) in [6.45, 7) is 0. The molecular weight excluding hydrogens is 318 g/mol. The first-order valence-corrected chi connectivity index (χ1v) is 6.36. The van der Waals surface area contributed by atoms with E-state index >= 15 is 0 Å². The molecule has 0 aliphatic carbocycles. The Hall–Kier alpha value is -1.59. The highest BCUT2D eigenvalue weighted by Gasteiger charge is 2.13. The number of rotatable bonds is 1. The summed E-state index contributed by atoms with van der Waals surface area (Å²) in [4.78, 5) is 18.4. The SMILES string of the molecule is O=c1ccc2nc(Cl)n(-c3ccccc3Br)c2[nH]1. The predicted octanol–water partition coefficient (Wildman–Crippen LogP) is 3.13. The number of hydrogen-bond donors (Lipinski definition) is 1. The zero-order chi connectivity index (χ0) is 12.7. The fraction of sp³-hybridized carbons (Fsp3) is 0. The number of nitrogens with zero attached hydrogens (tertiary/aromatic N) is 2. The quantitative estimate of drug-likeness (QED) is 0.747. The van der Waals surface area contributed by atoms with Gasteiger partial charge in [-0.2, -0.15) is 0 Å². The molecule has 90 valence electrons. The second-order valence-corrected chi connectivity index (χ2v) is 4.92. The molecule has 3 rings (SSSR count). The number of aromatic nitrogens is 3. The van der Waals surface area contributed by atoms with Crippen LogP contribution in [0.3, 0.4) is 0 Å². The van der Waals surface area contributed by atoms with Gasteiger partial charge in [0.15, 0.2) is 0 Å². The molecule has 0 spiro atoms. The number of halogens is 2. The molecule has 0 saturated heterocycles. The Labute approximate surface area is 115 Å². The summed E-state index contributed by atoms with van der Waals surface area (Å²) < 4.78 is 2.57. The summed E-state index contributed by atoms with van der Waals surface area (Å²) in [6.07, 6.45) is 0. The Kier molecular flexibility index (Phi) is 2.72. The third kappa shape index (κ3) is 1.76. The Morgan fingerprint density at radius 2 is 2.00 bits per heavy atom. The van der Waals surface area contributed by atoms with Crippen molar-refractivity contribution in [1.29, 1.82) is 0 Å². The lowest BCUT2D eigenvalue weighted by Crippen LogP contribution is -2.05. The van der Waals surface area contributed by atoms with Gasteiger partial charge in [0, 0.05) is 10.5 Å². The van der Waals surface area contributed by atoms with Crippen molar-refractivity contribution < 1.29 is 0 Å². The zero-order valence-electron chi connectivity index (χ0n) is 9.02. The van der Waals surface area contributed by atoms with Crippen LogP contribution < -0.4 is 5.56 Å². The van der Waals surface area contributed by atoms with E-state index in [1.54, 1.807) is 10.6 Å². The summed E-state index contributed by atoms with van der Waals surface area (Å²) in [5.41, 5.74) is 1.87. The average molecular weight is 325 g/mol. The molecule has 0 saturated carbocycles. The van der Waals surface area contributed by atoms with Crippen LogP contribution in [-0.2, 0) is 0 Å². The normalized spacial score (nSPS) is 11.0. The molecule has 4 nitrogen and oxygen atoms in total. The van der Waals surface area contributed by atoms with E-state index in [9.17, 15) is 4.79 Å². The van der Waals surface area contributed by atoms with Gasteiger partial charge in [0.1, 0.15) is 11.2 Å². The zero-order valence-corrected chi connectivity index (χ0v) is 11.4. The predicted molar refractivity (Wildman–Crippen MR) is 74.4 cm³/mol. The molecule has 3 aromatic rings. The minimum Gasteiger partial charge on any atom is -0.306 e. The Balaban J connectivity index is 2.42. The molecule has 0 bridgehead atoms. The minimum atomic E-state index is -0.188. The van der Waals surface area contributed by atoms with Crippen LogP contribution in [0.2, 0.25) is 5.28 Å². The standard InChI is InChI=1S/C12H7BrClN3O/c13-7-3-1-2-4-9(7)17-11-8(15-12(17)14)5-6-10(18)16-11/h1-6H,(H,16,18). The maximum absolute atomic E-state index is 11.4. The van der Waals surface area contributed by atoms with Gasteiger partial charge in [-0.15, -0.1) is 0 Å². The molecule has 1 aromatic carbocycles. The van der Waals surface area contributed by atoms with E-state index in [2.05, 4.69) is 25.9 Å². The van der Waals surface area contributed by atoms with Crippen molar-refractivity contribution >= 4 is 38.7 Å². The Bertz CT molecular complexity index is 793. The van der Waals surface area contributed by atoms with E-state index in [0.29, 0.717) is 16.4 Å². The number of fused-ring (bicyclic) bond motifs is 1. The molecule has 1 N–H and O–H groups in total. The second kappa shape index (κ2) is 4.26. The van der Waals surface area contributed by atoms with Crippen LogP contribution in [0.25, 0.3) is 16.9 Å². The van der Waals surface area contributed by atoms with Crippen molar-refractivity contribution in [3.8, 4) is 5.69 Å². The number of H-pyrrole nitrogens is 1. The third-order valence-corrected chi connectivity index (χ3v) is 3.52. The largest absolute Gasteiger partial charge is 0.306 e. The molecule has 0 radical (unpaired) electrons. The first-order chi connectivity index (χ1) is 8.66. The molecule has 0 aliphatic rings. The molecule has 0 aliphatic heterocycles. The molecule has 0 atom stereocenters. The number of hydrogen-bond acceptors (Lipinski definition) is 2. The number of benzene rings is 1. The second-order valence-electron chi connectivity index (χ2n) is 3.72. The maximum atomic E-state index is 11.4. The van der Waals surface area contributed by atoms with Gasteiger partial charge in [-0.1, -0.05) is 12.1 Å². The van der Waals surface area contributed by atoms with Crippen LogP contribution in [0, 0.1) is 0 Å². The third-order valence-electron chi connectivity index (χ3n) is 2.59. The van der Waals surface area contributed by atoms with Crippen molar-refractivity contribution in [3.63, 3.8) is 0 Å². The van der Waals surface area contributed by atoms with Crippen molar-refractivity contribution in [1.82, 2.24) is 14.5 Å². The van der Waals surface area contributed by atoms with Gasteiger partial charge in [0.2, 0.25) is 10.8 Å². The van der Waals surface area contributed by atoms with E-state index in [0.717, 1.165) is 10.2 Å². The number of nitrogens with one attached hydrogen (secondary N) is 1. The molecule has 0 unspecified atom stereocenters. The van der Waals surface area contributed by atoms with E-state index in [-0.39, 0.29) is 5.56 Å². The average Bonchev–Trinajstić information content (AvgIpc) is 2.66. The lowest BCUT2D eigenvalue weighted by atomic mass is 10.3. The number of pyridine rings is 1. The number of aromatic amines is 1. The molecule has 2 aromatic heterocycles. The van der Waals surface area contributed by atoms with Gasteiger partial charge < -0.3 is 4.98 Å².